The third-order valence-corrected chi connectivity index (χ3v) is 2.72. The van der Waals surface area contributed by atoms with E-state index < -0.39 is 5.97 Å². The van der Waals surface area contributed by atoms with Crippen molar-refractivity contribution in [1.82, 2.24) is 10.4 Å². The van der Waals surface area contributed by atoms with Crippen LogP contribution in [0.2, 0.25) is 5.02 Å². The van der Waals surface area contributed by atoms with Crippen molar-refractivity contribution >= 4 is 52.0 Å². The first-order chi connectivity index (χ1) is 9.47. The number of carbonyl (C=O) groups is 1. The number of nitrogens with one attached hydrogen (secondary N) is 1. The topological polar surface area (TPSA) is 101 Å². The van der Waals surface area contributed by atoms with Crippen LogP contribution in [0.4, 0.5) is 0 Å². The standard InChI is InChI=1S/C12H9ClN4O2S/c13-6-1-2-8-9(11(18)19)4-7(16-10(8)3-6)5-15-17-12(14)20/h1-5H,(H,18,19)(H3,14,17,20)/b15-5+. The highest BCUT2D eigenvalue weighted by Crippen LogP contribution is 2.21. The highest BCUT2D eigenvalue weighted by Gasteiger charge is 2.11. The SMILES string of the molecule is NC(=S)N/N=C/c1cc(C(=O)O)c2ccc(Cl)cc2n1. The van der Waals surface area contributed by atoms with Crippen LogP contribution < -0.4 is 11.2 Å². The van der Waals surface area contributed by atoms with Gasteiger partial charge in [0.25, 0.3) is 0 Å². The fourth-order valence-electron chi connectivity index (χ4n) is 1.63. The maximum atomic E-state index is 11.3. The molecule has 8 heteroatoms. The van der Waals surface area contributed by atoms with Crippen LogP contribution in [0.1, 0.15) is 16.1 Å². The molecule has 0 unspecified atom stereocenters. The molecule has 0 amide bonds. The number of fused-ring (bicyclic) bond motifs is 1. The summed E-state index contributed by atoms with van der Waals surface area (Å²) in [4.78, 5) is 15.5. The highest BCUT2D eigenvalue weighted by atomic mass is 35.5. The third-order valence-electron chi connectivity index (χ3n) is 2.39. The maximum Gasteiger partial charge on any atom is 0.336 e. The Hall–Kier alpha value is -2.25. The van der Waals surface area contributed by atoms with Gasteiger partial charge in [-0.1, -0.05) is 17.7 Å². The molecular weight excluding hydrogens is 300 g/mol. The van der Waals surface area contributed by atoms with Crippen LogP contribution in [0.5, 0.6) is 0 Å². The van der Waals surface area contributed by atoms with Gasteiger partial charge in [-0.3, -0.25) is 5.43 Å². The normalized spacial score (nSPS) is 10.8. The molecule has 0 aliphatic carbocycles. The number of halogens is 1. The van der Waals surface area contributed by atoms with Crippen LogP contribution in [0.15, 0.2) is 29.4 Å². The van der Waals surface area contributed by atoms with E-state index in [2.05, 4.69) is 27.7 Å². The van der Waals surface area contributed by atoms with Crippen molar-refractivity contribution in [2.45, 2.75) is 0 Å². The van der Waals surface area contributed by atoms with Crippen LogP contribution in [0.25, 0.3) is 10.9 Å². The molecular formula is C12H9ClN4O2S. The Morgan fingerprint density at radius 1 is 1.50 bits per heavy atom. The Morgan fingerprint density at radius 2 is 2.25 bits per heavy atom. The first-order valence-corrected chi connectivity index (χ1v) is 6.18. The molecule has 2 aromatic rings. The fraction of sp³-hybridized carbons (Fsp3) is 0. The molecule has 0 aliphatic rings. The van der Waals surface area contributed by atoms with Gasteiger partial charge in [0.1, 0.15) is 0 Å². The number of pyridine rings is 1. The fourth-order valence-corrected chi connectivity index (χ4v) is 1.85. The molecule has 1 aromatic carbocycles. The molecule has 0 radical (unpaired) electrons. The lowest BCUT2D eigenvalue weighted by Crippen LogP contribution is -2.24. The summed E-state index contributed by atoms with van der Waals surface area (Å²) in [5.74, 6) is -1.06. The van der Waals surface area contributed by atoms with Crippen molar-refractivity contribution in [3.8, 4) is 0 Å². The zero-order chi connectivity index (χ0) is 14.7. The lowest BCUT2D eigenvalue weighted by atomic mass is 10.1. The summed E-state index contributed by atoms with van der Waals surface area (Å²) in [5.41, 5.74) is 8.52. The number of benzene rings is 1. The minimum atomic E-state index is -1.06. The number of aromatic nitrogens is 1. The molecule has 1 aromatic heterocycles. The summed E-state index contributed by atoms with van der Waals surface area (Å²) in [5, 5.41) is 13.9. The largest absolute Gasteiger partial charge is 0.478 e. The second-order valence-corrected chi connectivity index (χ2v) is 4.67. The van der Waals surface area contributed by atoms with Gasteiger partial charge in [-0.05, 0) is 30.4 Å². The zero-order valence-electron chi connectivity index (χ0n) is 10.0. The lowest BCUT2D eigenvalue weighted by molar-refractivity contribution is 0.0699. The predicted molar refractivity (Wildman–Crippen MR) is 81.2 cm³/mol. The van der Waals surface area contributed by atoms with Crippen molar-refractivity contribution in [3.63, 3.8) is 0 Å². The summed E-state index contributed by atoms with van der Waals surface area (Å²) in [6.07, 6.45) is 1.33. The number of nitrogens with zero attached hydrogens (tertiary/aromatic N) is 2. The predicted octanol–water partition coefficient (Wildman–Crippen LogP) is 1.75. The van der Waals surface area contributed by atoms with Gasteiger partial charge in [0.2, 0.25) is 0 Å². The van der Waals surface area contributed by atoms with Gasteiger partial charge in [-0.25, -0.2) is 9.78 Å². The number of rotatable bonds is 3. The molecule has 0 atom stereocenters. The molecule has 0 fully saturated rings. The molecule has 0 aliphatic heterocycles. The van der Waals surface area contributed by atoms with Crippen LogP contribution in [0.3, 0.4) is 0 Å². The molecule has 102 valence electrons. The van der Waals surface area contributed by atoms with E-state index in [4.69, 9.17) is 17.3 Å². The van der Waals surface area contributed by atoms with E-state index in [0.29, 0.717) is 21.6 Å². The van der Waals surface area contributed by atoms with Gasteiger partial charge in [-0.2, -0.15) is 5.10 Å². The summed E-state index contributed by atoms with van der Waals surface area (Å²) < 4.78 is 0. The minimum absolute atomic E-state index is 0.00328. The second kappa shape index (κ2) is 5.81. The molecule has 0 saturated heterocycles. The van der Waals surface area contributed by atoms with Crippen molar-refractivity contribution in [2.75, 3.05) is 0 Å². The Morgan fingerprint density at radius 3 is 2.90 bits per heavy atom. The number of hydrazone groups is 1. The molecule has 1 heterocycles. The van der Waals surface area contributed by atoms with Crippen LogP contribution in [-0.2, 0) is 0 Å². The Kier molecular flexibility index (Phi) is 4.11. The minimum Gasteiger partial charge on any atom is -0.478 e. The molecule has 20 heavy (non-hydrogen) atoms. The van der Waals surface area contributed by atoms with E-state index >= 15 is 0 Å². The summed E-state index contributed by atoms with van der Waals surface area (Å²) in [7, 11) is 0. The van der Waals surface area contributed by atoms with Crippen molar-refractivity contribution in [1.29, 1.82) is 0 Å². The summed E-state index contributed by atoms with van der Waals surface area (Å²) in [6, 6.07) is 6.22. The van der Waals surface area contributed by atoms with Crippen molar-refractivity contribution < 1.29 is 9.90 Å². The van der Waals surface area contributed by atoms with Gasteiger partial charge in [0.05, 0.1) is 23.0 Å². The smallest absolute Gasteiger partial charge is 0.336 e. The van der Waals surface area contributed by atoms with E-state index in [0.717, 1.165) is 0 Å². The number of hydrogen-bond donors (Lipinski definition) is 3. The first kappa shape index (κ1) is 14.2. The van der Waals surface area contributed by atoms with Crippen LogP contribution >= 0.6 is 23.8 Å². The van der Waals surface area contributed by atoms with Gasteiger partial charge >= 0.3 is 5.97 Å². The number of aromatic carboxylic acids is 1. The second-order valence-electron chi connectivity index (χ2n) is 3.80. The molecule has 0 bridgehead atoms. The number of carboxylic acids is 1. The molecule has 2 rings (SSSR count). The average molecular weight is 309 g/mol. The third kappa shape index (κ3) is 3.19. The zero-order valence-corrected chi connectivity index (χ0v) is 11.6. The quantitative estimate of drug-likeness (QED) is 0.454. The monoisotopic (exact) mass is 308 g/mol. The number of hydrogen-bond acceptors (Lipinski definition) is 4. The van der Waals surface area contributed by atoms with Gasteiger partial charge in [0.15, 0.2) is 5.11 Å². The van der Waals surface area contributed by atoms with Crippen LogP contribution in [0, 0.1) is 0 Å². The number of thiocarbonyl (C=S) groups is 1. The molecule has 4 N–H and O–H groups in total. The molecule has 0 saturated carbocycles. The van der Waals surface area contributed by atoms with E-state index in [9.17, 15) is 9.90 Å². The average Bonchev–Trinajstić information content (AvgIpc) is 2.36. The maximum absolute atomic E-state index is 11.3. The van der Waals surface area contributed by atoms with Gasteiger partial charge in [-0.15, -0.1) is 0 Å². The van der Waals surface area contributed by atoms with E-state index in [-0.39, 0.29) is 10.7 Å². The first-order valence-electron chi connectivity index (χ1n) is 5.39. The Labute approximate surface area is 124 Å². The molecule has 0 spiro atoms. The molecule has 6 nitrogen and oxygen atoms in total. The van der Waals surface area contributed by atoms with E-state index in [1.165, 1.54) is 12.3 Å². The lowest BCUT2D eigenvalue weighted by Gasteiger charge is -2.04. The summed E-state index contributed by atoms with van der Waals surface area (Å²) >= 11 is 10.5. The van der Waals surface area contributed by atoms with E-state index in [1.807, 2.05) is 0 Å². The van der Waals surface area contributed by atoms with Crippen molar-refractivity contribution in [2.24, 2.45) is 10.8 Å². The highest BCUT2D eigenvalue weighted by molar-refractivity contribution is 7.80. The number of nitrogens with two attached hydrogens (primary N) is 1. The van der Waals surface area contributed by atoms with Crippen LogP contribution in [-0.4, -0.2) is 27.4 Å². The van der Waals surface area contributed by atoms with Crippen molar-refractivity contribution in [3.05, 3.63) is 40.5 Å². The Balaban J connectivity index is 2.54. The van der Waals surface area contributed by atoms with Gasteiger partial charge in [0, 0.05) is 10.4 Å². The summed E-state index contributed by atoms with van der Waals surface area (Å²) in [6.45, 7) is 0. The number of carboxylic acid groups (broad SMARTS) is 1. The van der Waals surface area contributed by atoms with Gasteiger partial charge < -0.3 is 10.8 Å². The Bertz CT molecular complexity index is 733. The van der Waals surface area contributed by atoms with E-state index in [1.54, 1.807) is 18.2 Å².